The highest BCUT2D eigenvalue weighted by Crippen LogP contribution is 2.48. The van der Waals surface area contributed by atoms with Crippen LogP contribution in [-0.4, -0.2) is 44.1 Å². The van der Waals surface area contributed by atoms with Crippen molar-refractivity contribution in [1.82, 2.24) is 0 Å². The highest BCUT2D eigenvalue weighted by atomic mass is 32.2. The van der Waals surface area contributed by atoms with Gasteiger partial charge in [-0.15, -0.1) is 0 Å². The number of halogens is 4. The van der Waals surface area contributed by atoms with Gasteiger partial charge in [0.05, 0.1) is 12.3 Å². The van der Waals surface area contributed by atoms with Gasteiger partial charge in [-0.2, -0.15) is 17.6 Å². The number of hydrogen-bond acceptors (Lipinski definition) is 6. The number of rotatable bonds is 6. The minimum absolute atomic E-state index is 0.135. The van der Waals surface area contributed by atoms with Crippen LogP contribution in [0.2, 0.25) is 0 Å². The van der Waals surface area contributed by atoms with E-state index in [-0.39, 0.29) is 23.7 Å². The Morgan fingerprint density at radius 1 is 1.23 bits per heavy atom. The lowest BCUT2D eigenvalue weighted by atomic mass is 9.67. The Labute approximate surface area is 148 Å². The quantitative estimate of drug-likeness (QED) is 0.385. The number of fused-ring (bicyclic) bond motifs is 1. The van der Waals surface area contributed by atoms with Crippen molar-refractivity contribution in [2.24, 2.45) is 17.8 Å². The summed E-state index contributed by atoms with van der Waals surface area (Å²) in [4.78, 5) is 23.8. The fourth-order valence-electron chi connectivity index (χ4n) is 4.17. The molecule has 4 aliphatic rings. The number of alkyl halides is 4. The predicted octanol–water partition coefficient (Wildman–Crippen LogP) is 2.15. The lowest BCUT2D eigenvalue weighted by Gasteiger charge is -2.41. The van der Waals surface area contributed by atoms with E-state index in [2.05, 4.69) is 0 Å². The zero-order chi connectivity index (χ0) is 19.3. The summed E-state index contributed by atoms with van der Waals surface area (Å²) < 4.78 is 83.8. The standard InChI is InChI=1S/C15H18F4O6S/c16-14(17,15(18,19)26(22)23)2-1-11(20)25-12-8-3-7-4-9(6-8)13(21)24-10(12)5-7/h7-10,12H,1-6H2,(H,22,23)/p-1. The number of carbonyl (C=O) groups excluding carboxylic acids is 2. The van der Waals surface area contributed by atoms with E-state index in [9.17, 15) is 35.9 Å². The average Bonchev–Trinajstić information content (AvgIpc) is 2.70. The predicted molar refractivity (Wildman–Crippen MR) is 76.7 cm³/mol. The van der Waals surface area contributed by atoms with E-state index in [4.69, 9.17) is 9.47 Å². The van der Waals surface area contributed by atoms with Crippen molar-refractivity contribution in [3.05, 3.63) is 0 Å². The van der Waals surface area contributed by atoms with Crippen LogP contribution in [0.5, 0.6) is 0 Å². The number of esters is 2. The Bertz CT molecular complexity index is 627. The Morgan fingerprint density at radius 3 is 2.58 bits per heavy atom. The van der Waals surface area contributed by atoms with Crippen molar-refractivity contribution in [3.8, 4) is 0 Å². The van der Waals surface area contributed by atoms with E-state index >= 15 is 0 Å². The number of hydrogen-bond donors (Lipinski definition) is 0. The van der Waals surface area contributed by atoms with Crippen LogP contribution in [0, 0.1) is 17.8 Å². The number of carbonyl (C=O) groups is 2. The van der Waals surface area contributed by atoms with Crippen LogP contribution in [0.25, 0.3) is 0 Å². The largest absolute Gasteiger partial charge is 0.768 e. The SMILES string of the molecule is O=C(CCC(F)(F)C(F)(F)S(=O)[O-])OC1C2CC3CC(C2)C(=O)OC1C3. The molecule has 6 nitrogen and oxygen atoms in total. The average molecular weight is 401 g/mol. The number of ether oxygens (including phenoxy) is 2. The van der Waals surface area contributed by atoms with E-state index in [1.54, 1.807) is 0 Å². The first-order chi connectivity index (χ1) is 12.0. The van der Waals surface area contributed by atoms with Gasteiger partial charge < -0.3 is 14.0 Å². The second-order valence-electron chi connectivity index (χ2n) is 7.15. The van der Waals surface area contributed by atoms with Gasteiger partial charge in [0, 0.05) is 23.4 Å². The molecule has 26 heavy (non-hydrogen) atoms. The third-order valence-corrected chi connectivity index (χ3v) is 6.10. The molecule has 2 aliphatic carbocycles. The molecule has 6 unspecified atom stereocenters. The molecule has 0 aromatic carbocycles. The van der Waals surface area contributed by atoms with Gasteiger partial charge in [0.2, 0.25) is 0 Å². The van der Waals surface area contributed by atoms with Crippen molar-refractivity contribution in [1.29, 1.82) is 0 Å². The van der Waals surface area contributed by atoms with Crippen LogP contribution in [0.15, 0.2) is 0 Å². The summed E-state index contributed by atoms with van der Waals surface area (Å²) in [6.45, 7) is 0. The molecule has 2 saturated heterocycles. The first-order valence-corrected chi connectivity index (χ1v) is 9.33. The second kappa shape index (κ2) is 6.74. The normalized spacial score (nSPS) is 35.0. The zero-order valence-corrected chi connectivity index (χ0v) is 14.3. The summed E-state index contributed by atoms with van der Waals surface area (Å²) in [5, 5.41) is -5.27. The second-order valence-corrected chi connectivity index (χ2v) is 8.13. The van der Waals surface area contributed by atoms with Crippen LogP contribution in [0.1, 0.15) is 38.5 Å². The fraction of sp³-hybridized carbons (Fsp3) is 0.867. The van der Waals surface area contributed by atoms with Crippen molar-refractivity contribution in [2.75, 3.05) is 0 Å². The molecule has 0 N–H and O–H groups in total. The maximum absolute atomic E-state index is 13.4. The van der Waals surface area contributed by atoms with Gasteiger partial charge in [0.15, 0.2) is 0 Å². The van der Waals surface area contributed by atoms with E-state index in [0.29, 0.717) is 12.8 Å². The Balaban J connectivity index is 1.60. The van der Waals surface area contributed by atoms with Crippen LogP contribution < -0.4 is 0 Å². The molecule has 2 saturated carbocycles. The summed E-state index contributed by atoms with van der Waals surface area (Å²) in [6.07, 6.45) is -1.73. The van der Waals surface area contributed by atoms with E-state index < -0.39 is 53.3 Å². The summed E-state index contributed by atoms with van der Waals surface area (Å²) >= 11 is -4.32. The molecule has 2 aliphatic heterocycles. The summed E-state index contributed by atoms with van der Waals surface area (Å²) in [5.74, 6) is -6.52. The molecular formula is C15H17F4O6S-. The maximum atomic E-state index is 13.4. The Morgan fingerprint density at radius 2 is 1.92 bits per heavy atom. The molecular weight excluding hydrogens is 384 g/mol. The summed E-state index contributed by atoms with van der Waals surface area (Å²) in [5.41, 5.74) is 0. The van der Waals surface area contributed by atoms with Crippen molar-refractivity contribution in [3.63, 3.8) is 0 Å². The zero-order valence-electron chi connectivity index (χ0n) is 13.5. The first kappa shape index (κ1) is 19.5. The lowest BCUT2D eigenvalue weighted by Crippen LogP contribution is -2.46. The van der Waals surface area contributed by atoms with E-state index in [1.165, 1.54) is 0 Å². The van der Waals surface area contributed by atoms with Gasteiger partial charge in [-0.25, -0.2) is 0 Å². The third-order valence-electron chi connectivity index (χ3n) is 5.38. The highest BCUT2D eigenvalue weighted by molar-refractivity contribution is 7.80. The smallest absolute Gasteiger partial charge is 0.371 e. The Hall–Kier alpha value is -1.23. The van der Waals surface area contributed by atoms with Gasteiger partial charge in [-0.05, 0) is 31.6 Å². The van der Waals surface area contributed by atoms with Crippen LogP contribution in [0.3, 0.4) is 0 Å². The van der Waals surface area contributed by atoms with Gasteiger partial charge in [0.25, 0.3) is 0 Å². The third kappa shape index (κ3) is 3.47. The molecule has 0 amide bonds. The molecule has 0 aromatic heterocycles. The summed E-state index contributed by atoms with van der Waals surface area (Å²) in [6, 6.07) is 0. The molecule has 0 aromatic rings. The summed E-state index contributed by atoms with van der Waals surface area (Å²) in [7, 11) is 0. The van der Waals surface area contributed by atoms with Crippen molar-refractivity contribution in [2.45, 2.75) is 61.9 Å². The van der Waals surface area contributed by atoms with Gasteiger partial charge >= 0.3 is 23.1 Å². The molecule has 11 heteroatoms. The lowest BCUT2D eigenvalue weighted by molar-refractivity contribution is -0.181. The molecule has 4 bridgehead atoms. The monoisotopic (exact) mass is 401 g/mol. The minimum atomic E-state index is -5.27. The van der Waals surface area contributed by atoms with Crippen LogP contribution >= 0.6 is 0 Å². The van der Waals surface area contributed by atoms with E-state index in [0.717, 1.165) is 12.8 Å². The Kier molecular flexibility index (Phi) is 5.06. The molecule has 0 spiro atoms. The van der Waals surface area contributed by atoms with Crippen molar-refractivity contribution < 1.29 is 45.4 Å². The molecule has 6 atom stereocenters. The first-order valence-electron chi connectivity index (χ1n) is 8.26. The van der Waals surface area contributed by atoms with Crippen LogP contribution in [-0.2, 0) is 30.1 Å². The molecule has 148 valence electrons. The molecule has 0 radical (unpaired) electrons. The van der Waals surface area contributed by atoms with Gasteiger partial charge in [-0.1, -0.05) is 0 Å². The highest BCUT2D eigenvalue weighted by Gasteiger charge is 2.57. The molecule has 4 rings (SSSR count). The maximum Gasteiger partial charge on any atom is 0.371 e. The van der Waals surface area contributed by atoms with E-state index in [1.807, 2.05) is 0 Å². The van der Waals surface area contributed by atoms with Crippen LogP contribution in [0.4, 0.5) is 17.6 Å². The van der Waals surface area contributed by atoms with Crippen molar-refractivity contribution >= 4 is 23.0 Å². The molecule has 2 heterocycles. The van der Waals surface area contributed by atoms with Gasteiger partial charge in [-0.3, -0.25) is 13.8 Å². The fourth-order valence-corrected chi connectivity index (χ4v) is 4.52. The minimum Gasteiger partial charge on any atom is -0.768 e. The molecule has 4 fully saturated rings. The van der Waals surface area contributed by atoms with Gasteiger partial charge in [0.1, 0.15) is 12.2 Å². The topological polar surface area (TPSA) is 92.7 Å².